The maximum atomic E-state index is 11.1. The van der Waals surface area contributed by atoms with E-state index >= 15 is 0 Å². The number of rotatable bonds is 4. The van der Waals surface area contributed by atoms with Crippen molar-refractivity contribution in [2.24, 2.45) is 0 Å². The van der Waals surface area contributed by atoms with Gasteiger partial charge in [-0.15, -0.1) is 0 Å². The van der Waals surface area contributed by atoms with E-state index in [4.69, 9.17) is 0 Å². The van der Waals surface area contributed by atoms with Crippen LogP contribution < -0.4 is 0 Å². The van der Waals surface area contributed by atoms with E-state index in [9.17, 15) is 10.1 Å². The average molecular weight is 254 g/mol. The summed E-state index contributed by atoms with van der Waals surface area (Å²) in [6.45, 7) is 0.617. The van der Waals surface area contributed by atoms with E-state index in [0.29, 0.717) is 6.54 Å². The fourth-order valence-electron chi connectivity index (χ4n) is 2.50. The monoisotopic (exact) mass is 254 g/mol. The van der Waals surface area contributed by atoms with Gasteiger partial charge < -0.3 is 0 Å². The molecule has 3 rings (SSSR count). The summed E-state index contributed by atoms with van der Waals surface area (Å²) in [4.78, 5) is 12.8. The summed E-state index contributed by atoms with van der Waals surface area (Å²) in [7, 11) is 0. The summed E-state index contributed by atoms with van der Waals surface area (Å²) < 4.78 is 0. The second-order valence-corrected chi connectivity index (χ2v) is 4.71. The molecule has 1 fully saturated rings. The van der Waals surface area contributed by atoms with Gasteiger partial charge in [-0.05, 0) is 11.1 Å². The highest BCUT2D eigenvalue weighted by molar-refractivity contribution is 5.26. The van der Waals surface area contributed by atoms with Crippen LogP contribution in [0.3, 0.4) is 0 Å². The molecule has 2 aromatic rings. The molecule has 4 heteroatoms. The highest BCUT2D eigenvalue weighted by Gasteiger charge is 2.58. The molecule has 0 aromatic heterocycles. The Balaban J connectivity index is 1.80. The molecule has 1 aliphatic rings. The zero-order valence-corrected chi connectivity index (χ0v) is 10.3. The van der Waals surface area contributed by atoms with Crippen molar-refractivity contribution in [3.8, 4) is 0 Å². The summed E-state index contributed by atoms with van der Waals surface area (Å²) in [6, 6.07) is 19.4. The molecule has 1 saturated heterocycles. The summed E-state index contributed by atoms with van der Waals surface area (Å²) in [5.41, 5.74) is 2.12. The van der Waals surface area contributed by atoms with E-state index in [0.717, 1.165) is 11.1 Å². The average Bonchev–Trinajstić information content (AvgIpc) is 3.15. The Labute approximate surface area is 111 Å². The molecule has 4 nitrogen and oxygen atoms in total. The van der Waals surface area contributed by atoms with Crippen molar-refractivity contribution in [2.75, 3.05) is 0 Å². The zero-order chi connectivity index (χ0) is 13.2. The van der Waals surface area contributed by atoms with Crippen LogP contribution in [0.2, 0.25) is 0 Å². The first kappa shape index (κ1) is 11.9. The van der Waals surface area contributed by atoms with Gasteiger partial charge >= 0.3 is 0 Å². The molecule has 2 aromatic carbocycles. The Morgan fingerprint density at radius 3 is 2.16 bits per heavy atom. The van der Waals surface area contributed by atoms with E-state index in [1.807, 2.05) is 65.6 Å². The van der Waals surface area contributed by atoms with Crippen molar-refractivity contribution < 1.29 is 4.92 Å². The van der Waals surface area contributed by atoms with Crippen molar-refractivity contribution >= 4 is 0 Å². The van der Waals surface area contributed by atoms with Gasteiger partial charge in [-0.1, -0.05) is 60.7 Å². The Morgan fingerprint density at radius 1 is 1.00 bits per heavy atom. The Morgan fingerprint density at radius 2 is 1.58 bits per heavy atom. The van der Waals surface area contributed by atoms with E-state index in [-0.39, 0.29) is 11.0 Å². The van der Waals surface area contributed by atoms with Crippen LogP contribution in [-0.4, -0.2) is 16.0 Å². The van der Waals surface area contributed by atoms with E-state index in [1.54, 1.807) is 0 Å². The van der Waals surface area contributed by atoms with Gasteiger partial charge in [0.25, 0.3) is 6.17 Å². The zero-order valence-electron chi connectivity index (χ0n) is 10.3. The molecule has 0 aliphatic carbocycles. The second-order valence-electron chi connectivity index (χ2n) is 4.71. The quantitative estimate of drug-likeness (QED) is 0.479. The van der Waals surface area contributed by atoms with Gasteiger partial charge in [0, 0.05) is 11.5 Å². The van der Waals surface area contributed by atoms with Crippen LogP contribution in [-0.2, 0) is 6.54 Å². The predicted molar refractivity (Wildman–Crippen MR) is 72.0 cm³/mol. The molecular formula is C15H14N2O2. The molecule has 0 spiro atoms. The van der Waals surface area contributed by atoms with Gasteiger partial charge in [-0.25, -0.2) is 4.90 Å². The van der Waals surface area contributed by atoms with E-state index in [1.165, 1.54) is 0 Å². The normalized spacial score (nSPS) is 24.9. The maximum absolute atomic E-state index is 11.1. The fourth-order valence-corrected chi connectivity index (χ4v) is 2.50. The third-order valence-electron chi connectivity index (χ3n) is 3.45. The molecule has 3 atom stereocenters. The van der Waals surface area contributed by atoms with Crippen LogP contribution in [0.5, 0.6) is 0 Å². The Kier molecular flexibility index (Phi) is 3.01. The SMILES string of the molecule is O=[N+]([O-])[C@@H]1[C@@H](c2ccccc2)N1Cc1ccccc1. The number of nitro groups is 1. The molecule has 1 aliphatic heterocycles. The summed E-state index contributed by atoms with van der Waals surface area (Å²) in [6.07, 6.45) is -0.595. The van der Waals surface area contributed by atoms with Crippen LogP contribution >= 0.6 is 0 Å². The van der Waals surface area contributed by atoms with Crippen molar-refractivity contribution in [3.05, 3.63) is 81.9 Å². The molecule has 19 heavy (non-hydrogen) atoms. The molecule has 1 heterocycles. The van der Waals surface area contributed by atoms with Crippen molar-refractivity contribution in [3.63, 3.8) is 0 Å². The molecule has 0 radical (unpaired) electrons. The van der Waals surface area contributed by atoms with Crippen molar-refractivity contribution in [2.45, 2.75) is 18.8 Å². The van der Waals surface area contributed by atoms with Crippen LogP contribution in [0.25, 0.3) is 0 Å². The summed E-state index contributed by atoms with van der Waals surface area (Å²) in [5.74, 6) is 0. The topological polar surface area (TPSA) is 46.1 Å². The molecule has 0 N–H and O–H groups in total. The smallest absolute Gasteiger partial charge is 0.263 e. The van der Waals surface area contributed by atoms with Crippen LogP contribution in [0, 0.1) is 10.1 Å². The van der Waals surface area contributed by atoms with Crippen LogP contribution in [0.15, 0.2) is 60.7 Å². The summed E-state index contributed by atoms with van der Waals surface area (Å²) >= 11 is 0. The molecule has 0 amide bonds. The van der Waals surface area contributed by atoms with Gasteiger partial charge in [0.05, 0.1) is 0 Å². The first-order chi connectivity index (χ1) is 9.27. The van der Waals surface area contributed by atoms with Gasteiger partial charge in [0.2, 0.25) is 0 Å². The van der Waals surface area contributed by atoms with Crippen molar-refractivity contribution in [1.29, 1.82) is 0 Å². The Hall–Kier alpha value is -2.20. The van der Waals surface area contributed by atoms with Gasteiger partial charge in [-0.2, -0.15) is 0 Å². The number of hydrogen-bond acceptors (Lipinski definition) is 3. The lowest BCUT2D eigenvalue weighted by atomic mass is 10.1. The lowest BCUT2D eigenvalue weighted by Gasteiger charge is -2.01. The van der Waals surface area contributed by atoms with Gasteiger partial charge in [0.15, 0.2) is 0 Å². The molecular weight excluding hydrogens is 240 g/mol. The minimum atomic E-state index is -0.595. The van der Waals surface area contributed by atoms with Gasteiger partial charge in [-0.3, -0.25) is 10.1 Å². The fraction of sp³-hybridized carbons (Fsp3) is 0.200. The molecule has 1 unspecified atom stereocenters. The Bertz CT molecular complexity index is 571. The largest absolute Gasteiger partial charge is 0.289 e. The van der Waals surface area contributed by atoms with Gasteiger partial charge in [0.1, 0.15) is 6.04 Å². The minimum absolute atomic E-state index is 0.101. The van der Waals surface area contributed by atoms with Crippen molar-refractivity contribution in [1.82, 2.24) is 4.90 Å². The summed E-state index contributed by atoms with van der Waals surface area (Å²) in [5, 5.41) is 11.1. The minimum Gasteiger partial charge on any atom is -0.263 e. The number of hydrogen-bond donors (Lipinski definition) is 0. The first-order valence-corrected chi connectivity index (χ1v) is 6.25. The van der Waals surface area contributed by atoms with E-state index in [2.05, 4.69) is 0 Å². The maximum Gasteiger partial charge on any atom is 0.289 e. The predicted octanol–water partition coefficient (Wildman–Crippen LogP) is 2.85. The van der Waals surface area contributed by atoms with E-state index < -0.39 is 6.17 Å². The molecule has 0 bridgehead atoms. The second kappa shape index (κ2) is 4.82. The van der Waals surface area contributed by atoms with Crippen LogP contribution in [0.1, 0.15) is 17.2 Å². The number of nitrogens with zero attached hydrogens (tertiary/aromatic N) is 2. The highest BCUT2D eigenvalue weighted by atomic mass is 16.6. The standard InChI is InChI=1S/C15H14N2O2/c18-17(19)15-14(13-9-5-2-6-10-13)16(15)11-12-7-3-1-4-8-12/h1-10,14-15H,11H2/t14-,15-,16?/m1/s1. The highest BCUT2D eigenvalue weighted by Crippen LogP contribution is 2.44. The third-order valence-corrected chi connectivity index (χ3v) is 3.45. The van der Waals surface area contributed by atoms with Crippen LogP contribution in [0.4, 0.5) is 0 Å². The molecule has 96 valence electrons. The third kappa shape index (κ3) is 2.35. The first-order valence-electron chi connectivity index (χ1n) is 6.25. The molecule has 0 saturated carbocycles. The lowest BCUT2D eigenvalue weighted by molar-refractivity contribution is -0.507. The lowest BCUT2D eigenvalue weighted by Crippen LogP contribution is -2.10. The number of benzene rings is 2.